The van der Waals surface area contributed by atoms with Gasteiger partial charge in [0.05, 0.1) is 17.1 Å². The summed E-state index contributed by atoms with van der Waals surface area (Å²) >= 11 is 0. The van der Waals surface area contributed by atoms with Gasteiger partial charge in [-0.25, -0.2) is 9.07 Å². The van der Waals surface area contributed by atoms with Crippen molar-refractivity contribution in [2.24, 2.45) is 0 Å². The number of anilines is 2. The molecule has 0 radical (unpaired) electrons. The minimum Gasteiger partial charge on any atom is -0.397 e. The highest BCUT2D eigenvalue weighted by molar-refractivity contribution is 5.70. The highest BCUT2D eigenvalue weighted by atomic mass is 19.1. The Balaban J connectivity index is 1.87. The molecule has 1 aliphatic heterocycles. The molecule has 2 heterocycles. The summed E-state index contributed by atoms with van der Waals surface area (Å²) in [5, 5.41) is 11.0. The molecule has 1 aromatic carbocycles. The van der Waals surface area contributed by atoms with E-state index in [1.165, 1.54) is 11.0 Å². The predicted molar refractivity (Wildman–Crippen MR) is 69.9 cm³/mol. The first-order chi connectivity index (χ1) is 9.24. The van der Waals surface area contributed by atoms with Crippen LogP contribution in [0.2, 0.25) is 0 Å². The largest absolute Gasteiger partial charge is 0.397 e. The molecule has 1 unspecified atom stereocenters. The highest BCUT2D eigenvalue weighted by Gasteiger charge is 2.20. The Bertz CT molecular complexity index is 555. The van der Waals surface area contributed by atoms with Gasteiger partial charge in [0.25, 0.3) is 0 Å². The zero-order chi connectivity index (χ0) is 13.2. The van der Waals surface area contributed by atoms with Crippen LogP contribution in [0.4, 0.5) is 15.8 Å². The Kier molecular flexibility index (Phi) is 3.02. The molecule has 3 rings (SSSR count). The Morgan fingerprint density at radius 3 is 2.95 bits per heavy atom. The van der Waals surface area contributed by atoms with Crippen LogP contribution in [-0.2, 0) is 0 Å². The van der Waals surface area contributed by atoms with Gasteiger partial charge in [-0.1, -0.05) is 0 Å². The number of rotatable bonds is 2. The van der Waals surface area contributed by atoms with E-state index in [4.69, 9.17) is 5.73 Å². The van der Waals surface area contributed by atoms with Crippen molar-refractivity contribution in [2.45, 2.75) is 19.0 Å². The summed E-state index contributed by atoms with van der Waals surface area (Å²) in [5.41, 5.74) is 8.34. The number of aromatic nitrogens is 4. The third-order valence-electron chi connectivity index (χ3n) is 3.33. The maximum Gasteiger partial charge on any atom is 0.143 e. The summed E-state index contributed by atoms with van der Waals surface area (Å²) in [5.74, 6) is 0. The molecule has 100 valence electrons. The van der Waals surface area contributed by atoms with E-state index < -0.39 is 6.17 Å². The van der Waals surface area contributed by atoms with Crippen molar-refractivity contribution in [1.82, 2.24) is 20.2 Å². The van der Waals surface area contributed by atoms with Crippen LogP contribution < -0.4 is 10.6 Å². The third-order valence-corrected chi connectivity index (χ3v) is 3.33. The molecule has 1 saturated heterocycles. The van der Waals surface area contributed by atoms with Gasteiger partial charge in [0.1, 0.15) is 12.5 Å². The number of hydrogen-bond acceptors (Lipinski definition) is 5. The van der Waals surface area contributed by atoms with Crippen LogP contribution in [0.25, 0.3) is 5.69 Å². The maximum atomic E-state index is 13.4. The van der Waals surface area contributed by atoms with E-state index in [2.05, 4.69) is 15.5 Å². The number of alkyl halides is 1. The summed E-state index contributed by atoms with van der Waals surface area (Å²) in [7, 11) is 0. The lowest BCUT2D eigenvalue weighted by molar-refractivity contribution is 0.287. The average molecular weight is 262 g/mol. The SMILES string of the molecule is Nc1cc(-n2cnnn2)ccc1N1CCCC(F)C1. The second-order valence-electron chi connectivity index (χ2n) is 4.68. The summed E-state index contributed by atoms with van der Waals surface area (Å²) in [6.07, 6.45) is 2.23. The van der Waals surface area contributed by atoms with Crippen LogP contribution in [0.5, 0.6) is 0 Å². The van der Waals surface area contributed by atoms with Gasteiger partial charge in [-0.05, 0) is 41.5 Å². The first-order valence-electron chi connectivity index (χ1n) is 6.26. The number of halogens is 1. The van der Waals surface area contributed by atoms with E-state index >= 15 is 0 Å². The topological polar surface area (TPSA) is 72.9 Å². The van der Waals surface area contributed by atoms with Crippen LogP contribution in [0.15, 0.2) is 24.5 Å². The maximum absolute atomic E-state index is 13.4. The van der Waals surface area contributed by atoms with Crippen molar-refractivity contribution in [1.29, 1.82) is 0 Å². The van der Waals surface area contributed by atoms with E-state index in [1.54, 1.807) is 6.07 Å². The number of benzene rings is 1. The smallest absolute Gasteiger partial charge is 0.143 e. The van der Waals surface area contributed by atoms with Crippen molar-refractivity contribution in [2.75, 3.05) is 23.7 Å². The molecule has 19 heavy (non-hydrogen) atoms. The average Bonchev–Trinajstić information content (AvgIpc) is 2.92. The van der Waals surface area contributed by atoms with Crippen molar-refractivity contribution in [3.05, 3.63) is 24.5 Å². The standard InChI is InChI=1S/C12H15FN6/c13-9-2-1-5-18(7-9)12-4-3-10(6-11(12)14)19-8-15-16-17-19/h3-4,6,8-9H,1-2,5,7,14H2. The molecule has 1 fully saturated rings. The normalized spacial score (nSPS) is 19.6. The van der Waals surface area contributed by atoms with Crippen LogP contribution >= 0.6 is 0 Å². The van der Waals surface area contributed by atoms with E-state index in [0.29, 0.717) is 18.7 Å². The fraction of sp³-hybridized carbons (Fsp3) is 0.417. The number of nitrogens with two attached hydrogens (primary N) is 1. The van der Waals surface area contributed by atoms with Crippen molar-refractivity contribution in [3.63, 3.8) is 0 Å². The van der Waals surface area contributed by atoms with Gasteiger partial charge in [0.15, 0.2) is 0 Å². The lowest BCUT2D eigenvalue weighted by Crippen LogP contribution is -2.36. The second-order valence-corrected chi connectivity index (χ2v) is 4.68. The molecular formula is C12H15FN6. The van der Waals surface area contributed by atoms with E-state index in [9.17, 15) is 4.39 Å². The van der Waals surface area contributed by atoms with Crippen molar-refractivity contribution < 1.29 is 4.39 Å². The zero-order valence-electron chi connectivity index (χ0n) is 10.4. The van der Waals surface area contributed by atoms with Gasteiger partial charge in [-0.15, -0.1) is 5.10 Å². The van der Waals surface area contributed by atoms with Gasteiger partial charge in [0.2, 0.25) is 0 Å². The molecule has 1 aliphatic rings. The molecule has 2 N–H and O–H groups in total. The number of nitrogens with zero attached hydrogens (tertiary/aromatic N) is 5. The molecular weight excluding hydrogens is 247 g/mol. The third kappa shape index (κ3) is 2.35. The predicted octanol–water partition coefficient (Wildman–Crippen LogP) is 1.18. The number of piperidine rings is 1. The fourth-order valence-electron chi connectivity index (χ4n) is 2.40. The van der Waals surface area contributed by atoms with E-state index in [0.717, 1.165) is 24.3 Å². The monoisotopic (exact) mass is 262 g/mol. The van der Waals surface area contributed by atoms with Gasteiger partial charge < -0.3 is 10.6 Å². The van der Waals surface area contributed by atoms with Gasteiger partial charge in [-0.2, -0.15) is 0 Å². The Hall–Kier alpha value is -2.18. The van der Waals surface area contributed by atoms with Gasteiger partial charge in [0, 0.05) is 13.1 Å². The van der Waals surface area contributed by atoms with E-state index in [1.807, 2.05) is 17.0 Å². The van der Waals surface area contributed by atoms with Crippen LogP contribution in [0.3, 0.4) is 0 Å². The number of tetrazole rings is 1. The van der Waals surface area contributed by atoms with Gasteiger partial charge >= 0.3 is 0 Å². The van der Waals surface area contributed by atoms with Crippen LogP contribution in [-0.4, -0.2) is 39.5 Å². The number of hydrogen-bond donors (Lipinski definition) is 1. The van der Waals surface area contributed by atoms with Crippen molar-refractivity contribution in [3.8, 4) is 5.69 Å². The fourth-order valence-corrected chi connectivity index (χ4v) is 2.40. The molecule has 1 atom stereocenters. The molecule has 2 aromatic rings. The van der Waals surface area contributed by atoms with E-state index in [-0.39, 0.29) is 0 Å². The number of nitrogen functional groups attached to an aromatic ring is 1. The second kappa shape index (κ2) is 4.83. The molecule has 7 heteroatoms. The molecule has 0 spiro atoms. The summed E-state index contributed by atoms with van der Waals surface area (Å²) in [6, 6.07) is 5.57. The Morgan fingerprint density at radius 1 is 1.37 bits per heavy atom. The minimum atomic E-state index is -0.771. The molecule has 1 aromatic heterocycles. The first kappa shape index (κ1) is 11.9. The summed E-state index contributed by atoms with van der Waals surface area (Å²) in [4.78, 5) is 1.99. The van der Waals surface area contributed by atoms with Crippen molar-refractivity contribution >= 4 is 11.4 Å². The Labute approximate surface area is 110 Å². The quantitative estimate of drug-likeness (QED) is 0.823. The summed E-state index contributed by atoms with van der Waals surface area (Å²) in [6.45, 7) is 1.25. The molecule has 0 bridgehead atoms. The zero-order valence-corrected chi connectivity index (χ0v) is 10.4. The van der Waals surface area contributed by atoms with Crippen LogP contribution in [0.1, 0.15) is 12.8 Å². The molecule has 0 saturated carbocycles. The van der Waals surface area contributed by atoms with Gasteiger partial charge in [-0.3, -0.25) is 0 Å². The highest BCUT2D eigenvalue weighted by Crippen LogP contribution is 2.28. The summed E-state index contributed by atoms with van der Waals surface area (Å²) < 4.78 is 15.0. The molecule has 6 nitrogen and oxygen atoms in total. The first-order valence-corrected chi connectivity index (χ1v) is 6.26. The Morgan fingerprint density at radius 2 is 2.26 bits per heavy atom. The lowest BCUT2D eigenvalue weighted by atomic mass is 10.1. The molecule has 0 aliphatic carbocycles. The lowest BCUT2D eigenvalue weighted by Gasteiger charge is -2.31. The van der Waals surface area contributed by atoms with Crippen LogP contribution in [0, 0.1) is 0 Å². The molecule has 0 amide bonds. The minimum absolute atomic E-state index is 0.411.